The van der Waals surface area contributed by atoms with Crippen LogP contribution in [0.4, 0.5) is 0 Å². The number of benzene rings is 2. The zero-order valence-corrected chi connectivity index (χ0v) is 17.3. The van der Waals surface area contributed by atoms with Crippen molar-refractivity contribution in [3.05, 3.63) is 64.2 Å². The fourth-order valence-corrected chi connectivity index (χ4v) is 3.43. The number of hydrogen-bond donors (Lipinski definition) is 2. The summed E-state index contributed by atoms with van der Waals surface area (Å²) in [4.78, 5) is 24.4. The molecule has 4 nitrogen and oxygen atoms in total. The van der Waals surface area contributed by atoms with E-state index in [9.17, 15) is 9.59 Å². The molecule has 2 aromatic rings. The van der Waals surface area contributed by atoms with Crippen molar-refractivity contribution in [2.24, 2.45) is 0 Å². The first-order chi connectivity index (χ1) is 13.9. The molecule has 0 aromatic heterocycles. The first-order valence-electron chi connectivity index (χ1n) is 10.4. The van der Waals surface area contributed by atoms with Crippen LogP contribution >= 0.6 is 0 Å². The normalized spacial score (nSPS) is 16.4. The number of rotatable bonds is 6. The fourth-order valence-electron chi connectivity index (χ4n) is 3.43. The van der Waals surface area contributed by atoms with E-state index in [-0.39, 0.29) is 11.8 Å². The Morgan fingerprint density at radius 2 is 1.52 bits per heavy atom. The van der Waals surface area contributed by atoms with Crippen LogP contribution in [0.3, 0.4) is 0 Å². The largest absolute Gasteiger partial charge is 0.350 e. The van der Waals surface area contributed by atoms with Gasteiger partial charge >= 0.3 is 0 Å². The molecule has 0 bridgehead atoms. The third-order valence-corrected chi connectivity index (χ3v) is 5.63. The van der Waals surface area contributed by atoms with Crippen LogP contribution in [0.5, 0.6) is 0 Å². The fraction of sp³-hybridized carbons (Fsp3) is 0.360. The van der Waals surface area contributed by atoms with Gasteiger partial charge in [-0.15, -0.1) is 0 Å². The van der Waals surface area contributed by atoms with Crippen LogP contribution in [0, 0.1) is 13.8 Å². The molecule has 0 atom stereocenters. The second-order valence-corrected chi connectivity index (χ2v) is 8.42. The Morgan fingerprint density at radius 1 is 0.897 bits per heavy atom. The van der Waals surface area contributed by atoms with Gasteiger partial charge in [0.2, 0.25) is 5.91 Å². The maximum atomic E-state index is 12.2. The van der Waals surface area contributed by atoms with Gasteiger partial charge in [-0.2, -0.15) is 0 Å². The quantitative estimate of drug-likeness (QED) is 0.714. The molecule has 150 valence electrons. The van der Waals surface area contributed by atoms with Crippen molar-refractivity contribution in [2.75, 3.05) is 0 Å². The van der Waals surface area contributed by atoms with Crippen LogP contribution in [-0.4, -0.2) is 23.9 Å². The Balaban J connectivity index is 1.53. The van der Waals surface area contributed by atoms with E-state index in [4.69, 9.17) is 0 Å². The first-order valence-corrected chi connectivity index (χ1v) is 10.4. The summed E-state index contributed by atoms with van der Waals surface area (Å²) in [6.45, 7) is 6.02. The summed E-state index contributed by atoms with van der Waals surface area (Å²) in [5.41, 5.74) is 7.01. The number of hydrogen-bond acceptors (Lipinski definition) is 2. The van der Waals surface area contributed by atoms with Crippen LogP contribution < -0.4 is 10.6 Å². The van der Waals surface area contributed by atoms with E-state index in [0.29, 0.717) is 17.6 Å². The summed E-state index contributed by atoms with van der Waals surface area (Å²) >= 11 is 0. The van der Waals surface area contributed by atoms with E-state index in [2.05, 4.69) is 36.6 Å². The molecule has 0 radical (unpaired) electrons. The minimum atomic E-state index is 0.00684. The molecular weight excluding hydrogens is 360 g/mol. The van der Waals surface area contributed by atoms with Crippen LogP contribution in [0.15, 0.2) is 42.0 Å². The standard InChI is InChI=1S/C25H28N2O2/c1-15-14-23(18-4-6-19(7-5-18)25(29)27-22-10-11-22)16(2)12-20(15)13-17(3)24(28)26-21-8-9-21/h4-7,12-14,21-22H,8-11H2,1-3H3,(H,26,28)(H,27,29). The molecule has 2 aromatic carbocycles. The van der Waals surface area contributed by atoms with Crippen molar-refractivity contribution >= 4 is 17.9 Å². The summed E-state index contributed by atoms with van der Waals surface area (Å²) in [5, 5.41) is 6.06. The van der Waals surface area contributed by atoms with Crippen molar-refractivity contribution < 1.29 is 9.59 Å². The highest BCUT2D eigenvalue weighted by Gasteiger charge is 2.24. The Bertz CT molecular complexity index is 981. The molecule has 0 aliphatic heterocycles. The predicted molar refractivity (Wildman–Crippen MR) is 117 cm³/mol. The highest BCUT2D eigenvalue weighted by molar-refractivity contribution is 5.98. The lowest BCUT2D eigenvalue weighted by molar-refractivity contribution is -0.117. The average Bonchev–Trinajstić information content (AvgIpc) is 3.61. The van der Waals surface area contributed by atoms with E-state index in [1.165, 1.54) is 0 Å². The summed E-state index contributed by atoms with van der Waals surface area (Å²) in [5.74, 6) is 0.0288. The van der Waals surface area contributed by atoms with Crippen LogP contribution in [0.2, 0.25) is 0 Å². The van der Waals surface area contributed by atoms with Crippen molar-refractivity contribution in [1.82, 2.24) is 10.6 Å². The third-order valence-electron chi connectivity index (χ3n) is 5.63. The zero-order chi connectivity index (χ0) is 20.5. The SMILES string of the molecule is CC(=Cc1cc(C)c(-c2ccc(C(=O)NC3CC3)cc2)cc1C)C(=O)NC1CC1. The van der Waals surface area contributed by atoms with E-state index in [1.54, 1.807) is 0 Å². The van der Waals surface area contributed by atoms with Crippen molar-refractivity contribution in [2.45, 2.75) is 58.5 Å². The molecule has 4 heteroatoms. The highest BCUT2D eigenvalue weighted by Crippen LogP contribution is 2.28. The monoisotopic (exact) mass is 388 g/mol. The van der Waals surface area contributed by atoms with Gasteiger partial charge in [-0.1, -0.05) is 24.3 Å². The van der Waals surface area contributed by atoms with E-state index < -0.39 is 0 Å². The summed E-state index contributed by atoms with van der Waals surface area (Å²) in [6.07, 6.45) is 6.32. The molecule has 0 spiro atoms. The predicted octanol–water partition coefficient (Wildman–Crippen LogP) is 4.54. The molecule has 0 unspecified atom stereocenters. The van der Waals surface area contributed by atoms with Gasteiger partial charge in [0.05, 0.1) is 0 Å². The minimum absolute atomic E-state index is 0.00684. The smallest absolute Gasteiger partial charge is 0.251 e. The second-order valence-electron chi connectivity index (χ2n) is 8.42. The maximum absolute atomic E-state index is 12.2. The van der Waals surface area contributed by atoms with Crippen LogP contribution in [-0.2, 0) is 4.79 Å². The van der Waals surface area contributed by atoms with Gasteiger partial charge < -0.3 is 10.6 Å². The number of nitrogens with one attached hydrogen (secondary N) is 2. The van der Waals surface area contributed by atoms with Gasteiger partial charge in [0, 0.05) is 23.2 Å². The van der Waals surface area contributed by atoms with Gasteiger partial charge in [0.15, 0.2) is 0 Å². The van der Waals surface area contributed by atoms with Crippen LogP contribution in [0.25, 0.3) is 17.2 Å². The van der Waals surface area contributed by atoms with Crippen molar-refractivity contribution in [3.8, 4) is 11.1 Å². The average molecular weight is 389 g/mol. The minimum Gasteiger partial charge on any atom is -0.350 e. The van der Waals surface area contributed by atoms with Gasteiger partial charge in [0.1, 0.15) is 0 Å². The number of amides is 2. The van der Waals surface area contributed by atoms with Crippen molar-refractivity contribution in [3.63, 3.8) is 0 Å². The lowest BCUT2D eigenvalue weighted by atomic mass is 9.93. The van der Waals surface area contributed by atoms with Crippen LogP contribution in [0.1, 0.15) is 59.7 Å². The molecule has 2 saturated carbocycles. The molecular formula is C25H28N2O2. The lowest BCUT2D eigenvalue weighted by Crippen LogP contribution is -2.25. The molecule has 29 heavy (non-hydrogen) atoms. The Morgan fingerprint density at radius 3 is 2.14 bits per heavy atom. The summed E-state index contributed by atoms with van der Waals surface area (Å²) in [6, 6.07) is 12.8. The molecule has 4 rings (SSSR count). The summed E-state index contributed by atoms with van der Waals surface area (Å²) < 4.78 is 0. The first kappa shape index (κ1) is 19.4. The number of carbonyl (C=O) groups excluding carboxylic acids is 2. The topological polar surface area (TPSA) is 58.2 Å². The zero-order valence-electron chi connectivity index (χ0n) is 17.3. The van der Waals surface area contributed by atoms with E-state index in [0.717, 1.165) is 59.1 Å². The Kier molecular flexibility index (Phi) is 5.27. The molecule has 2 aliphatic carbocycles. The molecule has 2 fully saturated rings. The van der Waals surface area contributed by atoms with Gasteiger partial charge in [-0.3, -0.25) is 9.59 Å². The maximum Gasteiger partial charge on any atom is 0.251 e. The summed E-state index contributed by atoms with van der Waals surface area (Å²) in [7, 11) is 0. The molecule has 0 heterocycles. The number of aryl methyl sites for hydroxylation is 2. The van der Waals surface area contributed by atoms with Gasteiger partial charge in [0.25, 0.3) is 5.91 Å². The van der Waals surface area contributed by atoms with Gasteiger partial charge in [-0.25, -0.2) is 0 Å². The van der Waals surface area contributed by atoms with Gasteiger partial charge in [-0.05, 0) is 92.5 Å². The third kappa shape index (κ3) is 4.76. The second kappa shape index (κ2) is 7.86. The molecule has 2 aliphatic rings. The van der Waals surface area contributed by atoms with E-state index in [1.807, 2.05) is 37.3 Å². The van der Waals surface area contributed by atoms with Crippen molar-refractivity contribution in [1.29, 1.82) is 0 Å². The highest BCUT2D eigenvalue weighted by atomic mass is 16.2. The molecule has 2 amide bonds. The lowest BCUT2D eigenvalue weighted by Gasteiger charge is -2.12. The molecule has 0 saturated heterocycles. The Labute approximate surface area is 172 Å². The Hall–Kier alpha value is -2.88. The molecule has 2 N–H and O–H groups in total. The van der Waals surface area contributed by atoms with E-state index >= 15 is 0 Å². The number of carbonyl (C=O) groups is 2.